The van der Waals surface area contributed by atoms with Crippen molar-refractivity contribution >= 4 is 44.2 Å². The molecule has 1 heterocycles. The lowest BCUT2D eigenvalue weighted by molar-refractivity contribution is -0.117. The Hall–Kier alpha value is -2.92. The fraction of sp³-hybridized carbons (Fsp3) is 0.278. The van der Waals surface area contributed by atoms with Crippen LogP contribution in [0, 0.1) is 12.8 Å². The van der Waals surface area contributed by atoms with Gasteiger partial charge in [-0.25, -0.2) is 17.9 Å². The molecule has 11 heteroatoms. The van der Waals surface area contributed by atoms with Gasteiger partial charge in [0.1, 0.15) is 0 Å². The van der Waals surface area contributed by atoms with Crippen molar-refractivity contribution < 1.29 is 22.8 Å². The third kappa shape index (κ3) is 5.33. The van der Waals surface area contributed by atoms with Crippen LogP contribution >= 0.6 is 11.3 Å². The number of primary amides is 1. The minimum Gasteiger partial charge on any atom is -0.352 e. The second-order valence-corrected chi connectivity index (χ2v) is 9.42. The van der Waals surface area contributed by atoms with E-state index in [9.17, 15) is 22.8 Å². The van der Waals surface area contributed by atoms with E-state index < -0.39 is 22.0 Å². The predicted molar refractivity (Wildman–Crippen MR) is 108 cm³/mol. The van der Waals surface area contributed by atoms with Gasteiger partial charge in [-0.3, -0.25) is 9.59 Å². The monoisotopic (exact) mass is 436 g/mol. The molecule has 1 aliphatic rings. The summed E-state index contributed by atoms with van der Waals surface area (Å²) in [7, 11) is -4.08. The van der Waals surface area contributed by atoms with Crippen molar-refractivity contribution in [1.82, 2.24) is 10.0 Å². The molecule has 0 aliphatic heterocycles. The average Bonchev–Trinajstić information content (AvgIpc) is 3.43. The largest absolute Gasteiger partial charge is 0.352 e. The molecule has 5 N–H and O–H groups in total. The number of benzene rings is 1. The summed E-state index contributed by atoms with van der Waals surface area (Å²) in [6.07, 6.45) is 1.72. The van der Waals surface area contributed by atoms with Gasteiger partial charge in [0.2, 0.25) is 5.91 Å². The molecule has 1 aliphatic carbocycles. The highest BCUT2D eigenvalue weighted by atomic mass is 32.2. The van der Waals surface area contributed by atoms with Crippen LogP contribution in [0.5, 0.6) is 0 Å². The summed E-state index contributed by atoms with van der Waals surface area (Å²) in [6, 6.07) is 6.64. The Kier molecular flexibility index (Phi) is 5.89. The number of amides is 4. The number of thiophene rings is 1. The molecule has 0 atom stereocenters. The Morgan fingerprint density at radius 3 is 2.41 bits per heavy atom. The highest BCUT2D eigenvalue weighted by molar-refractivity contribution is 7.90. The van der Waals surface area contributed by atoms with Crippen molar-refractivity contribution in [3.8, 4) is 0 Å². The highest BCUT2D eigenvalue weighted by Crippen LogP contribution is 2.33. The smallest absolute Gasteiger partial charge is 0.312 e. The number of carbonyl (C=O) groups excluding carboxylic acids is 3. The summed E-state index contributed by atoms with van der Waals surface area (Å²) in [5, 5.41) is 5.66. The van der Waals surface area contributed by atoms with Gasteiger partial charge in [-0.05, 0) is 49.1 Å². The molecular weight excluding hydrogens is 416 g/mol. The van der Waals surface area contributed by atoms with Crippen LogP contribution in [0.4, 0.5) is 9.80 Å². The van der Waals surface area contributed by atoms with Crippen LogP contribution in [-0.2, 0) is 21.4 Å². The van der Waals surface area contributed by atoms with Crippen molar-refractivity contribution in [2.75, 3.05) is 5.32 Å². The number of hydrogen-bond donors (Lipinski definition) is 4. The van der Waals surface area contributed by atoms with Crippen LogP contribution in [0.25, 0.3) is 0 Å². The van der Waals surface area contributed by atoms with Gasteiger partial charge < -0.3 is 16.4 Å². The van der Waals surface area contributed by atoms with Crippen LogP contribution in [0.2, 0.25) is 0 Å². The van der Waals surface area contributed by atoms with E-state index in [2.05, 4.69) is 10.6 Å². The molecule has 1 aromatic carbocycles. The van der Waals surface area contributed by atoms with Crippen molar-refractivity contribution in [3.05, 3.63) is 46.3 Å². The third-order valence-corrected chi connectivity index (χ3v) is 6.74. The first kappa shape index (κ1) is 20.8. The van der Waals surface area contributed by atoms with E-state index in [1.54, 1.807) is 13.0 Å². The minimum atomic E-state index is -4.08. The van der Waals surface area contributed by atoms with E-state index in [0.717, 1.165) is 24.2 Å². The van der Waals surface area contributed by atoms with Crippen molar-refractivity contribution in [1.29, 1.82) is 0 Å². The topological polar surface area (TPSA) is 147 Å². The minimum absolute atomic E-state index is 0.0243. The molecular formula is C18H20N4O5S2. The number of aryl methyl sites for hydroxylation is 1. The molecule has 4 amide bonds. The Balaban J connectivity index is 1.68. The Bertz CT molecular complexity index is 1060. The molecule has 0 spiro atoms. The third-order valence-electron chi connectivity index (χ3n) is 4.25. The maximum Gasteiger partial charge on any atom is 0.312 e. The van der Waals surface area contributed by atoms with E-state index in [1.165, 1.54) is 24.3 Å². The van der Waals surface area contributed by atoms with Crippen molar-refractivity contribution in [2.45, 2.75) is 31.2 Å². The molecule has 3 rings (SSSR count). The summed E-state index contributed by atoms with van der Waals surface area (Å²) in [5.74, 6) is -0.827. The Labute approximate surface area is 171 Å². The number of urea groups is 1. The lowest BCUT2D eigenvalue weighted by atomic mass is 10.2. The van der Waals surface area contributed by atoms with Crippen molar-refractivity contribution in [2.24, 2.45) is 11.7 Å². The van der Waals surface area contributed by atoms with Crippen LogP contribution in [0.3, 0.4) is 0 Å². The van der Waals surface area contributed by atoms with Gasteiger partial charge >= 0.3 is 6.03 Å². The van der Waals surface area contributed by atoms with Gasteiger partial charge in [0, 0.05) is 12.5 Å². The first-order valence-corrected chi connectivity index (χ1v) is 11.1. The number of anilines is 1. The van der Waals surface area contributed by atoms with Crippen LogP contribution in [-0.4, -0.2) is 26.3 Å². The molecule has 0 unspecified atom stereocenters. The maximum absolute atomic E-state index is 12.5. The van der Waals surface area contributed by atoms with E-state index in [4.69, 9.17) is 5.73 Å². The molecule has 0 bridgehead atoms. The molecule has 0 radical (unpaired) electrons. The standard InChI is InChI=1S/C18H20N4O5S2/c1-10-8-14(21-16(23)12-4-5-12)28-15(10)17(24)22-29(26,27)13-6-2-11(3-7-13)9-20-18(19)25/h2-3,6-8,12H,4-5,9H2,1H3,(H,21,23)(H,22,24)(H3,19,20,25). The maximum atomic E-state index is 12.5. The number of nitrogens with two attached hydrogens (primary N) is 1. The molecule has 1 aromatic heterocycles. The van der Waals surface area contributed by atoms with Gasteiger partial charge in [0.25, 0.3) is 15.9 Å². The number of carbonyl (C=O) groups is 3. The molecule has 1 saturated carbocycles. The zero-order valence-electron chi connectivity index (χ0n) is 15.5. The quantitative estimate of drug-likeness (QED) is 0.521. The SMILES string of the molecule is Cc1cc(NC(=O)C2CC2)sc1C(=O)NS(=O)(=O)c1ccc(CNC(N)=O)cc1. The first-order valence-electron chi connectivity index (χ1n) is 8.76. The van der Waals surface area contributed by atoms with E-state index in [-0.39, 0.29) is 28.1 Å². The average molecular weight is 437 g/mol. The van der Waals surface area contributed by atoms with Gasteiger partial charge in [-0.2, -0.15) is 0 Å². The van der Waals surface area contributed by atoms with E-state index in [0.29, 0.717) is 16.1 Å². The van der Waals surface area contributed by atoms with Gasteiger partial charge in [0.15, 0.2) is 0 Å². The summed E-state index contributed by atoms with van der Waals surface area (Å²) < 4.78 is 27.0. The number of nitrogens with one attached hydrogen (secondary N) is 3. The molecule has 154 valence electrons. The van der Waals surface area contributed by atoms with Gasteiger partial charge in [0.05, 0.1) is 14.8 Å². The molecule has 1 fully saturated rings. The second kappa shape index (κ2) is 8.21. The van der Waals surface area contributed by atoms with Crippen molar-refractivity contribution in [3.63, 3.8) is 0 Å². The molecule has 29 heavy (non-hydrogen) atoms. The normalized spacial score (nSPS) is 13.6. The second-order valence-electron chi connectivity index (χ2n) is 6.68. The Morgan fingerprint density at radius 2 is 1.83 bits per heavy atom. The summed E-state index contributed by atoms with van der Waals surface area (Å²) in [6.45, 7) is 1.83. The Morgan fingerprint density at radius 1 is 1.17 bits per heavy atom. The molecule has 0 saturated heterocycles. The highest BCUT2D eigenvalue weighted by Gasteiger charge is 2.30. The first-order chi connectivity index (χ1) is 13.7. The summed E-state index contributed by atoms with van der Waals surface area (Å²) in [5.41, 5.74) is 6.22. The molecule has 9 nitrogen and oxygen atoms in total. The van der Waals surface area contributed by atoms with Crippen LogP contribution in [0.1, 0.15) is 33.6 Å². The summed E-state index contributed by atoms with van der Waals surface area (Å²) in [4.78, 5) is 35.2. The number of hydrogen-bond acceptors (Lipinski definition) is 6. The van der Waals surface area contributed by atoms with E-state index >= 15 is 0 Å². The van der Waals surface area contributed by atoms with Gasteiger partial charge in [-0.1, -0.05) is 12.1 Å². The molecule has 2 aromatic rings. The number of sulfonamides is 1. The zero-order chi connectivity index (χ0) is 21.2. The summed E-state index contributed by atoms with van der Waals surface area (Å²) >= 11 is 1.03. The number of rotatable bonds is 7. The predicted octanol–water partition coefficient (Wildman–Crippen LogP) is 1.69. The van der Waals surface area contributed by atoms with Crippen LogP contribution in [0.15, 0.2) is 35.2 Å². The fourth-order valence-electron chi connectivity index (χ4n) is 2.54. The van der Waals surface area contributed by atoms with Gasteiger partial charge in [-0.15, -0.1) is 11.3 Å². The fourth-order valence-corrected chi connectivity index (χ4v) is 4.53. The zero-order valence-corrected chi connectivity index (χ0v) is 17.2. The van der Waals surface area contributed by atoms with E-state index in [1.807, 2.05) is 4.72 Å². The lowest BCUT2D eigenvalue weighted by Gasteiger charge is -2.08. The van der Waals surface area contributed by atoms with Crippen LogP contribution < -0.4 is 21.1 Å². The lowest BCUT2D eigenvalue weighted by Crippen LogP contribution is -2.30.